The van der Waals surface area contributed by atoms with Crippen LogP contribution >= 0.6 is 15.9 Å². The Balaban J connectivity index is 1.60. The van der Waals surface area contributed by atoms with E-state index in [1.807, 2.05) is 54.6 Å². The number of fused-ring (bicyclic) bond motifs is 3. The van der Waals surface area contributed by atoms with Gasteiger partial charge in [-0.2, -0.15) is 5.10 Å². The number of methoxy groups -OCH3 is 2. The molecule has 0 fully saturated rings. The van der Waals surface area contributed by atoms with Gasteiger partial charge in [0.15, 0.2) is 0 Å². The molecule has 0 saturated heterocycles. The zero-order valence-corrected chi connectivity index (χ0v) is 18.3. The Labute approximate surface area is 184 Å². The van der Waals surface area contributed by atoms with Gasteiger partial charge in [0.25, 0.3) is 0 Å². The van der Waals surface area contributed by atoms with Crippen LogP contribution < -0.4 is 14.2 Å². The van der Waals surface area contributed by atoms with Crippen molar-refractivity contribution in [2.75, 3.05) is 14.2 Å². The maximum atomic E-state index is 6.43. The van der Waals surface area contributed by atoms with Crippen molar-refractivity contribution in [3.63, 3.8) is 0 Å². The number of hydrazone groups is 1. The van der Waals surface area contributed by atoms with Crippen molar-refractivity contribution in [2.45, 2.75) is 18.7 Å². The third-order valence-corrected chi connectivity index (χ3v) is 6.03. The fraction of sp³-hybridized carbons (Fsp3) is 0.208. The fourth-order valence-corrected chi connectivity index (χ4v) is 4.43. The Morgan fingerprint density at radius 1 is 0.967 bits per heavy atom. The average molecular weight is 465 g/mol. The molecule has 0 saturated carbocycles. The molecule has 5 rings (SSSR count). The number of ether oxygens (including phenoxy) is 3. The van der Waals surface area contributed by atoms with Gasteiger partial charge >= 0.3 is 0 Å². The summed E-state index contributed by atoms with van der Waals surface area (Å²) in [5.41, 5.74) is 4.21. The first kappa shape index (κ1) is 19.0. The van der Waals surface area contributed by atoms with Crippen molar-refractivity contribution >= 4 is 21.6 Å². The van der Waals surface area contributed by atoms with Crippen molar-refractivity contribution in [3.8, 4) is 17.2 Å². The zero-order chi connectivity index (χ0) is 20.7. The lowest BCUT2D eigenvalue weighted by molar-refractivity contribution is -0.0191. The molecule has 3 aromatic rings. The van der Waals surface area contributed by atoms with Gasteiger partial charge in [-0.15, -0.1) is 0 Å². The van der Waals surface area contributed by atoms with Crippen LogP contribution in [0.15, 0.2) is 76.3 Å². The van der Waals surface area contributed by atoms with E-state index in [1.165, 1.54) is 0 Å². The minimum atomic E-state index is -0.332. The molecule has 2 heterocycles. The number of rotatable bonds is 4. The molecule has 2 aliphatic rings. The summed E-state index contributed by atoms with van der Waals surface area (Å²) in [7, 11) is 3.35. The molecule has 0 unspecified atom stereocenters. The van der Waals surface area contributed by atoms with Crippen LogP contribution in [0.2, 0.25) is 0 Å². The van der Waals surface area contributed by atoms with Crippen LogP contribution in [0, 0.1) is 0 Å². The van der Waals surface area contributed by atoms with Gasteiger partial charge < -0.3 is 14.2 Å². The minimum absolute atomic E-state index is 0.0867. The van der Waals surface area contributed by atoms with Crippen molar-refractivity contribution in [2.24, 2.45) is 5.10 Å². The van der Waals surface area contributed by atoms with Crippen LogP contribution in [-0.2, 0) is 0 Å². The van der Waals surface area contributed by atoms with Gasteiger partial charge in [-0.05, 0) is 42.5 Å². The van der Waals surface area contributed by atoms with Crippen molar-refractivity contribution in [1.29, 1.82) is 0 Å². The molecule has 0 spiro atoms. The summed E-state index contributed by atoms with van der Waals surface area (Å²) in [6.45, 7) is 0. The molecule has 0 amide bonds. The first-order chi connectivity index (χ1) is 14.7. The van der Waals surface area contributed by atoms with E-state index in [4.69, 9.17) is 19.3 Å². The van der Waals surface area contributed by atoms with Crippen LogP contribution in [0.25, 0.3) is 0 Å². The minimum Gasteiger partial charge on any atom is -0.497 e. The molecule has 6 heteroatoms. The van der Waals surface area contributed by atoms with Gasteiger partial charge in [-0.1, -0.05) is 40.2 Å². The van der Waals surface area contributed by atoms with Crippen LogP contribution in [0.5, 0.6) is 17.2 Å². The predicted molar refractivity (Wildman–Crippen MR) is 119 cm³/mol. The zero-order valence-electron chi connectivity index (χ0n) is 16.7. The number of hydrogen-bond acceptors (Lipinski definition) is 5. The summed E-state index contributed by atoms with van der Waals surface area (Å²) in [6, 6.07) is 22.2. The van der Waals surface area contributed by atoms with Gasteiger partial charge in [0.05, 0.1) is 26.0 Å². The molecule has 2 aliphatic heterocycles. The Hall–Kier alpha value is -2.99. The quantitative estimate of drug-likeness (QED) is 0.495. The van der Waals surface area contributed by atoms with E-state index in [0.29, 0.717) is 0 Å². The molecule has 5 nitrogen and oxygen atoms in total. The molecule has 0 aliphatic carbocycles. The second-order valence-electron chi connectivity index (χ2n) is 7.31. The van der Waals surface area contributed by atoms with Crippen LogP contribution in [0.3, 0.4) is 0 Å². The first-order valence-corrected chi connectivity index (χ1v) is 10.6. The third kappa shape index (κ3) is 3.31. The Bertz CT molecular complexity index is 1130. The molecule has 0 bridgehead atoms. The highest BCUT2D eigenvalue weighted by Gasteiger charge is 2.41. The SMILES string of the molecule is COc1cccc(C2=NN3[C@@H](c4cccc(OC)c4)Oc4ccc(Br)cc4[C@@H]3C2)c1. The maximum Gasteiger partial charge on any atom is 0.214 e. The van der Waals surface area contributed by atoms with Gasteiger partial charge in [-0.25, -0.2) is 5.01 Å². The lowest BCUT2D eigenvalue weighted by Crippen LogP contribution is -2.33. The highest BCUT2D eigenvalue weighted by atomic mass is 79.9. The van der Waals surface area contributed by atoms with E-state index in [1.54, 1.807) is 14.2 Å². The van der Waals surface area contributed by atoms with E-state index < -0.39 is 0 Å². The summed E-state index contributed by atoms with van der Waals surface area (Å²) >= 11 is 3.60. The summed E-state index contributed by atoms with van der Waals surface area (Å²) < 4.78 is 18.3. The predicted octanol–water partition coefficient (Wildman–Crippen LogP) is 5.71. The molecule has 30 heavy (non-hydrogen) atoms. The summed E-state index contributed by atoms with van der Waals surface area (Å²) in [6.07, 6.45) is 0.461. The monoisotopic (exact) mass is 464 g/mol. The molecule has 0 radical (unpaired) electrons. The normalized spacial score (nSPS) is 19.4. The Kier molecular flexibility index (Phi) is 4.87. The van der Waals surface area contributed by atoms with Gasteiger partial charge in [0.2, 0.25) is 6.23 Å². The topological polar surface area (TPSA) is 43.3 Å². The van der Waals surface area contributed by atoms with E-state index in [9.17, 15) is 0 Å². The highest BCUT2D eigenvalue weighted by molar-refractivity contribution is 9.10. The summed E-state index contributed by atoms with van der Waals surface area (Å²) in [5, 5.41) is 7.08. The average Bonchev–Trinajstić information content (AvgIpc) is 3.24. The van der Waals surface area contributed by atoms with Gasteiger partial charge in [0, 0.05) is 27.6 Å². The second kappa shape index (κ2) is 7.69. The maximum absolute atomic E-state index is 6.43. The van der Waals surface area contributed by atoms with Crippen LogP contribution in [0.1, 0.15) is 35.4 Å². The standard InChI is InChI=1S/C24H21BrN2O3/c1-28-18-7-3-5-15(11-18)21-14-22-20-13-17(25)9-10-23(20)30-24(27(22)26-21)16-6-4-8-19(12-16)29-2/h3-13,22,24H,14H2,1-2H3/t22-,24+/m0/s1. The van der Waals surface area contributed by atoms with E-state index in [0.717, 1.165) is 50.5 Å². The lowest BCUT2D eigenvalue weighted by Gasteiger charge is -2.38. The summed E-state index contributed by atoms with van der Waals surface area (Å²) in [4.78, 5) is 0. The molecule has 0 N–H and O–H groups in total. The van der Waals surface area contributed by atoms with E-state index in [-0.39, 0.29) is 12.3 Å². The second-order valence-corrected chi connectivity index (χ2v) is 8.22. The molecular weight excluding hydrogens is 444 g/mol. The van der Waals surface area contributed by atoms with Gasteiger partial charge in [-0.3, -0.25) is 0 Å². The molecular formula is C24H21BrN2O3. The van der Waals surface area contributed by atoms with Crippen molar-refractivity contribution in [1.82, 2.24) is 5.01 Å². The number of nitrogens with zero attached hydrogens (tertiary/aromatic N) is 2. The molecule has 3 aromatic carbocycles. The molecule has 0 aromatic heterocycles. The number of halogens is 1. The fourth-order valence-electron chi connectivity index (χ4n) is 4.05. The largest absolute Gasteiger partial charge is 0.497 e. The number of hydrogen-bond donors (Lipinski definition) is 0. The van der Waals surface area contributed by atoms with Crippen molar-refractivity contribution in [3.05, 3.63) is 87.9 Å². The van der Waals surface area contributed by atoms with Crippen LogP contribution in [-0.4, -0.2) is 24.9 Å². The first-order valence-electron chi connectivity index (χ1n) is 9.76. The molecule has 152 valence electrons. The lowest BCUT2D eigenvalue weighted by atomic mass is 9.96. The third-order valence-electron chi connectivity index (χ3n) is 5.53. The number of benzene rings is 3. The van der Waals surface area contributed by atoms with Gasteiger partial charge in [0.1, 0.15) is 17.2 Å². The summed E-state index contributed by atoms with van der Waals surface area (Å²) in [5.74, 6) is 2.50. The van der Waals surface area contributed by atoms with E-state index in [2.05, 4.69) is 33.1 Å². The van der Waals surface area contributed by atoms with Crippen molar-refractivity contribution < 1.29 is 14.2 Å². The smallest absolute Gasteiger partial charge is 0.214 e. The highest BCUT2D eigenvalue weighted by Crippen LogP contribution is 2.48. The Morgan fingerprint density at radius 2 is 1.73 bits per heavy atom. The molecule has 2 atom stereocenters. The Morgan fingerprint density at radius 3 is 2.53 bits per heavy atom. The van der Waals surface area contributed by atoms with E-state index >= 15 is 0 Å². The van der Waals surface area contributed by atoms with Crippen LogP contribution in [0.4, 0.5) is 0 Å².